The number of rotatable bonds is 3. The molecular formula is C13H11F4NO3. The van der Waals surface area contributed by atoms with Crippen LogP contribution in [0.4, 0.5) is 17.6 Å². The average molecular weight is 305 g/mol. The molecule has 114 valence electrons. The van der Waals surface area contributed by atoms with Crippen LogP contribution in [-0.2, 0) is 22.6 Å². The topological polar surface area (TPSA) is 57.6 Å². The molecule has 0 saturated carbocycles. The van der Waals surface area contributed by atoms with E-state index in [2.05, 4.69) is 0 Å². The van der Waals surface area contributed by atoms with E-state index in [1.54, 1.807) is 18.2 Å². The van der Waals surface area contributed by atoms with Crippen molar-refractivity contribution in [2.75, 3.05) is 0 Å². The van der Waals surface area contributed by atoms with Gasteiger partial charge < -0.3 is 10.0 Å². The van der Waals surface area contributed by atoms with Crippen LogP contribution >= 0.6 is 0 Å². The molecule has 2 rings (SSSR count). The van der Waals surface area contributed by atoms with Crippen molar-refractivity contribution in [2.45, 2.75) is 31.4 Å². The summed E-state index contributed by atoms with van der Waals surface area (Å²) in [6.07, 6.45) is -4.38. The molecule has 1 unspecified atom stereocenters. The fraction of sp³-hybridized carbons (Fsp3) is 0.385. The zero-order valence-corrected chi connectivity index (χ0v) is 10.6. The lowest BCUT2D eigenvalue weighted by Crippen LogP contribution is -2.55. The maximum atomic E-state index is 13.2. The number of carbonyl (C=O) groups is 2. The Morgan fingerprint density at radius 3 is 2.33 bits per heavy atom. The summed E-state index contributed by atoms with van der Waals surface area (Å²) in [6.45, 7) is -0.436. The second-order valence-corrected chi connectivity index (χ2v) is 4.68. The number of alkyl halides is 4. The zero-order chi connectivity index (χ0) is 15.8. The molecule has 1 N–H and O–H groups in total. The van der Waals surface area contributed by atoms with Gasteiger partial charge in [-0.05, 0) is 11.1 Å². The summed E-state index contributed by atoms with van der Waals surface area (Å²) in [5.74, 6) is -8.58. The minimum absolute atomic E-state index is 0.198. The van der Waals surface area contributed by atoms with Crippen LogP contribution in [0.2, 0.25) is 0 Å². The highest BCUT2D eigenvalue weighted by molar-refractivity contribution is 5.89. The summed E-state index contributed by atoms with van der Waals surface area (Å²) >= 11 is 0. The van der Waals surface area contributed by atoms with Crippen LogP contribution in [0.3, 0.4) is 0 Å². The van der Waals surface area contributed by atoms with Gasteiger partial charge in [-0.1, -0.05) is 24.3 Å². The summed E-state index contributed by atoms with van der Waals surface area (Å²) in [7, 11) is 0. The zero-order valence-electron chi connectivity index (χ0n) is 10.6. The van der Waals surface area contributed by atoms with Gasteiger partial charge in [0, 0.05) is 13.0 Å². The van der Waals surface area contributed by atoms with Crippen LogP contribution < -0.4 is 0 Å². The Bertz CT molecular complexity index is 576. The van der Waals surface area contributed by atoms with Crippen molar-refractivity contribution in [1.82, 2.24) is 4.90 Å². The van der Waals surface area contributed by atoms with Gasteiger partial charge >= 0.3 is 18.3 Å². The van der Waals surface area contributed by atoms with Gasteiger partial charge in [0.05, 0.1) is 0 Å². The minimum atomic E-state index is -4.90. The van der Waals surface area contributed by atoms with Gasteiger partial charge in [-0.15, -0.1) is 0 Å². The number of aliphatic carboxylic acids is 1. The number of amides is 1. The SMILES string of the molecule is O=C(O)C1Cc2ccccc2CN1C(=O)C(F)(F)C(F)F. The van der Waals surface area contributed by atoms with Crippen molar-refractivity contribution in [3.05, 3.63) is 35.4 Å². The third kappa shape index (κ3) is 2.70. The van der Waals surface area contributed by atoms with Gasteiger partial charge in [-0.25, -0.2) is 13.6 Å². The Balaban J connectivity index is 2.37. The lowest BCUT2D eigenvalue weighted by atomic mass is 9.93. The molecule has 0 aliphatic carbocycles. The smallest absolute Gasteiger partial charge is 0.383 e. The van der Waals surface area contributed by atoms with E-state index in [1.165, 1.54) is 6.07 Å². The second kappa shape index (κ2) is 5.34. The Morgan fingerprint density at radius 2 is 1.81 bits per heavy atom. The van der Waals surface area contributed by atoms with Crippen LogP contribution in [0.1, 0.15) is 11.1 Å². The first-order chi connectivity index (χ1) is 9.75. The maximum absolute atomic E-state index is 13.2. The number of nitrogens with zero attached hydrogens (tertiary/aromatic N) is 1. The van der Waals surface area contributed by atoms with Crippen LogP contribution in [0, 0.1) is 0 Å². The van der Waals surface area contributed by atoms with Crippen molar-refractivity contribution in [3.8, 4) is 0 Å². The van der Waals surface area contributed by atoms with E-state index in [-0.39, 0.29) is 6.42 Å². The van der Waals surface area contributed by atoms with Crippen molar-refractivity contribution in [1.29, 1.82) is 0 Å². The number of hydrogen-bond donors (Lipinski definition) is 1. The van der Waals surface area contributed by atoms with Crippen molar-refractivity contribution < 1.29 is 32.3 Å². The molecule has 0 fully saturated rings. The fourth-order valence-corrected chi connectivity index (χ4v) is 2.24. The van der Waals surface area contributed by atoms with Gasteiger partial charge in [-0.2, -0.15) is 8.78 Å². The van der Waals surface area contributed by atoms with Gasteiger partial charge in [0.1, 0.15) is 6.04 Å². The number of halogens is 4. The largest absolute Gasteiger partial charge is 0.480 e. The number of fused-ring (bicyclic) bond motifs is 1. The van der Waals surface area contributed by atoms with Crippen LogP contribution in [-0.4, -0.2) is 40.3 Å². The average Bonchev–Trinajstić information content (AvgIpc) is 2.44. The van der Waals surface area contributed by atoms with E-state index in [0.29, 0.717) is 16.0 Å². The van der Waals surface area contributed by atoms with Crippen molar-refractivity contribution in [2.24, 2.45) is 0 Å². The monoisotopic (exact) mass is 305 g/mol. The minimum Gasteiger partial charge on any atom is -0.480 e. The Labute approximate surface area is 117 Å². The van der Waals surface area contributed by atoms with Crippen LogP contribution in [0.25, 0.3) is 0 Å². The van der Waals surface area contributed by atoms with Gasteiger partial charge in [0.15, 0.2) is 0 Å². The molecule has 4 nitrogen and oxygen atoms in total. The molecule has 1 aromatic carbocycles. The molecule has 1 amide bonds. The molecule has 1 aliphatic rings. The molecule has 0 aromatic heterocycles. The fourth-order valence-electron chi connectivity index (χ4n) is 2.24. The normalized spacial score (nSPS) is 18.5. The molecule has 1 heterocycles. The lowest BCUT2D eigenvalue weighted by Gasteiger charge is -2.36. The summed E-state index contributed by atoms with van der Waals surface area (Å²) in [5.41, 5.74) is 1.06. The number of hydrogen-bond acceptors (Lipinski definition) is 2. The van der Waals surface area contributed by atoms with E-state index in [1.807, 2.05) is 0 Å². The van der Waals surface area contributed by atoms with Crippen molar-refractivity contribution in [3.63, 3.8) is 0 Å². The molecule has 8 heteroatoms. The van der Waals surface area contributed by atoms with E-state index in [4.69, 9.17) is 5.11 Å². The third-order valence-electron chi connectivity index (χ3n) is 3.35. The highest BCUT2D eigenvalue weighted by Gasteiger charge is 2.53. The number of carboxylic acid groups (broad SMARTS) is 1. The second-order valence-electron chi connectivity index (χ2n) is 4.68. The summed E-state index contributed by atoms with van der Waals surface area (Å²) in [5, 5.41) is 9.06. The lowest BCUT2D eigenvalue weighted by molar-refractivity contribution is -0.186. The van der Waals surface area contributed by atoms with Crippen molar-refractivity contribution >= 4 is 11.9 Å². The van der Waals surface area contributed by atoms with E-state index >= 15 is 0 Å². The molecule has 0 saturated heterocycles. The molecular weight excluding hydrogens is 294 g/mol. The van der Waals surface area contributed by atoms with Gasteiger partial charge in [0.2, 0.25) is 0 Å². The Hall–Kier alpha value is -2.12. The standard InChI is InChI=1S/C13H11F4NO3/c14-11(15)13(16,17)12(21)18-6-8-4-2-1-3-7(8)5-9(18)10(19)20/h1-4,9,11H,5-6H2,(H,19,20). The van der Waals surface area contributed by atoms with E-state index in [0.717, 1.165) is 0 Å². The molecule has 21 heavy (non-hydrogen) atoms. The molecule has 1 atom stereocenters. The first-order valence-corrected chi connectivity index (χ1v) is 6.01. The number of benzene rings is 1. The number of carboxylic acids is 1. The third-order valence-corrected chi connectivity index (χ3v) is 3.35. The van der Waals surface area contributed by atoms with Gasteiger partial charge in [-0.3, -0.25) is 4.79 Å². The first kappa shape index (κ1) is 15.3. The quantitative estimate of drug-likeness (QED) is 0.868. The Morgan fingerprint density at radius 1 is 1.24 bits per heavy atom. The molecule has 1 aromatic rings. The molecule has 0 radical (unpaired) electrons. The highest BCUT2D eigenvalue weighted by Crippen LogP contribution is 2.31. The van der Waals surface area contributed by atoms with Crippen LogP contribution in [0.5, 0.6) is 0 Å². The first-order valence-electron chi connectivity index (χ1n) is 6.01. The highest BCUT2D eigenvalue weighted by atomic mass is 19.3. The summed E-state index contributed by atoms with van der Waals surface area (Å²) < 4.78 is 51.0. The molecule has 0 spiro atoms. The van der Waals surface area contributed by atoms with Gasteiger partial charge in [0.25, 0.3) is 5.91 Å². The summed E-state index contributed by atoms with van der Waals surface area (Å²) in [6, 6.07) is 4.79. The maximum Gasteiger partial charge on any atom is 0.383 e. The number of carbonyl (C=O) groups excluding carboxylic acids is 1. The van der Waals surface area contributed by atoms with E-state index < -0.39 is 36.8 Å². The Kier molecular flexibility index (Phi) is 3.89. The molecule has 0 bridgehead atoms. The van der Waals surface area contributed by atoms with Crippen LogP contribution in [0.15, 0.2) is 24.3 Å². The molecule has 1 aliphatic heterocycles. The predicted octanol–water partition coefficient (Wildman–Crippen LogP) is 1.92. The van der Waals surface area contributed by atoms with E-state index in [9.17, 15) is 27.2 Å². The summed E-state index contributed by atoms with van der Waals surface area (Å²) in [4.78, 5) is 23.1. The predicted molar refractivity (Wildman–Crippen MR) is 63.1 cm³/mol.